The van der Waals surface area contributed by atoms with Gasteiger partial charge in [-0.2, -0.15) is 0 Å². The quantitative estimate of drug-likeness (QED) is 0.0200. The molecule has 0 radical (unpaired) electrons. The molecule has 0 fully saturated rings. The summed E-state index contributed by atoms with van der Waals surface area (Å²) in [5, 5.41) is 0. The Bertz CT molecular complexity index is 1200. The number of rotatable bonds is 44. The van der Waals surface area contributed by atoms with Crippen LogP contribution in [0.25, 0.3) is 0 Å². The van der Waals surface area contributed by atoms with E-state index in [2.05, 4.69) is 81.5 Å². The van der Waals surface area contributed by atoms with Crippen molar-refractivity contribution in [1.29, 1.82) is 0 Å². The van der Waals surface area contributed by atoms with Gasteiger partial charge in [0, 0.05) is 19.3 Å². The molecule has 0 saturated carbocycles. The Morgan fingerprint density at radius 2 is 0.656 bits per heavy atom. The largest absolute Gasteiger partial charge is 0.462 e. The number of carbonyl (C=O) groups excluding carboxylic acids is 3. The van der Waals surface area contributed by atoms with Gasteiger partial charge in [0.2, 0.25) is 0 Å². The Balaban J connectivity index is 4.49. The Morgan fingerprint density at radius 3 is 1.11 bits per heavy atom. The van der Waals surface area contributed by atoms with Crippen LogP contribution < -0.4 is 0 Å². The van der Waals surface area contributed by atoms with E-state index >= 15 is 0 Å². The SMILES string of the molecule is CC\C=C/C=C\C=C/C=C\CCCCCCCC(=O)OC(COC(=O)CCCCC/C=C\C=C/CCCCCCCCC)COC(=O)CCCCCCC/C=C\CCCCC. The summed E-state index contributed by atoms with van der Waals surface area (Å²) < 4.78 is 16.7. The van der Waals surface area contributed by atoms with Gasteiger partial charge in [-0.25, -0.2) is 0 Å². The summed E-state index contributed by atoms with van der Waals surface area (Å²) in [4.78, 5) is 37.9. The first-order chi connectivity index (χ1) is 30.0. The van der Waals surface area contributed by atoms with Crippen LogP contribution in [0.15, 0.2) is 85.1 Å². The highest BCUT2D eigenvalue weighted by Gasteiger charge is 2.19. The molecule has 6 nitrogen and oxygen atoms in total. The molecule has 0 aliphatic rings. The summed E-state index contributed by atoms with van der Waals surface area (Å²) in [5.74, 6) is -0.962. The zero-order valence-corrected chi connectivity index (χ0v) is 39.7. The zero-order valence-electron chi connectivity index (χ0n) is 39.7. The smallest absolute Gasteiger partial charge is 0.306 e. The van der Waals surface area contributed by atoms with Crippen molar-refractivity contribution in [2.24, 2.45) is 0 Å². The molecule has 0 aromatic carbocycles. The predicted octanol–water partition coefficient (Wildman–Crippen LogP) is 16.4. The van der Waals surface area contributed by atoms with E-state index in [0.717, 1.165) is 109 Å². The molecule has 0 aliphatic heterocycles. The molecule has 0 N–H and O–H groups in total. The van der Waals surface area contributed by atoms with Crippen molar-refractivity contribution in [3.63, 3.8) is 0 Å². The van der Waals surface area contributed by atoms with E-state index in [9.17, 15) is 14.4 Å². The minimum atomic E-state index is -0.802. The van der Waals surface area contributed by atoms with Gasteiger partial charge in [0.05, 0.1) is 0 Å². The molecule has 6 heteroatoms. The fourth-order valence-electron chi connectivity index (χ4n) is 6.67. The molecule has 0 saturated heterocycles. The maximum atomic E-state index is 12.8. The number of hydrogen-bond donors (Lipinski definition) is 0. The van der Waals surface area contributed by atoms with Crippen LogP contribution in [0.4, 0.5) is 0 Å². The van der Waals surface area contributed by atoms with Crippen molar-refractivity contribution in [3.8, 4) is 0 Å². The van der Waals surface area contributed by atoms with Crippen molar-refractivity contribution < 1.29 is 28.6 Å². The fraction of sp³-hybridized carbons (Fsp3) is 0.691. The maximum absolute atomic E-state index is 12.8. The lowest BCUT2D eigenvalue weighted by molar-refractivity contribution is -0.167. The predicted molar refractivity (Wildman–Crippen MR) is 261 cm³/mol. The van der Waals surface area contributed by atoms with Crippen LogP contribution in [0.3, 0.4) is 0 Å². The molecule has 348 valence electrons. The van der Waals surface area contributed by atoms with Gasteiger partial charge < -0.3 is 14.2 Å². The van der Waals surface area contributed by atoms with E-state index in [-0.39, 0.29) is 31.1 Å². The van der Waals surface area contributed by atoms with E-state index < -0.39 is 6.10 Å². The van der Waals surface area contributed by atoms with Crippen LogP contribution in [0, 0.1) is 0 Å². The number of hydrogen-bond acceptors (Lipinski definition) is 6. The zero-order chi connectivity index (χ0) is 44.4. The Kier molecular flexibility index (Phi) is 46.5. The highest BCUT2D eigenvalue weighted by atomic mass is 16.6. The van der Waals surface area contributed by atoms with Crippen molar-refractivity contribution in [3.05, 3.63) is 85.1 Å². The second-order valence-electron chi connectivity index (χ2n) is 16.5. The molecule has 61 heavy (non-hydrogen) atoms. The number of esters is 3. The molecule has 1 unspecified atom stereocenters. The van der Waals surface area contributed by atoms with E-state index in [1.54, 1.807) is 0 Å². The number of carbonyl (C=O) groups is 3. The summed E-state index contributed by atoms with van der Waals surface area (Å²) >= 11 is 0. The third-order valence-corrected chi connectivity index (χ3v) is 10.5. The molecule has 0 spiro atoms. The van der Waals surface area contributed by atoms with Crippen molar-refractivity contribution in [1.82, 2.24) is 0 Å². The molecule has 1 atom stereocenters. The second kappa shape index (κ2) is 49.2. The van der Waals surface area contributed by atoms with Crippen molar-refractivity contribution in [2.75, 3.05) is 13.2 Å². The van der Waals surface area contributed by atoms with Gasteiger partial charge in [-0.15, -0.1) is 0 Å². The second-order valence-corrected chi connectivity index (χ2v) is 16.5. The topological polar surface area (TPSA) is 78.9 Å². The summed E-state index contributed by atoms with van der Waals surface area (Å²) in [5.41, 5.74) is 0. The van der Waals surface area contributed by atoms with Crippen molar-refractivity contribution in [2.45, 2.75) is 232 Å². The van der Waals surface area contributed by atoms with Gasteiger partial charge in [0.15, 0.2) is 6.10 Å². The number of ether oxygens (including phenoxy) is 3. The highest BCUT2D eigenvalue weighted by molar-refractivity contribution is 5.71. The van der Waals surface area contributed by atoms with Crippen LogP contribution in [0.2, 0.25) is 0 Å². The number of unbranched alkanes of at least 4 members (excludes halogenated alkanes) is 23. The first-order valence-electron chi connectivity index (χ1n) is 25.2. The Hall–Kier alpha value is -3.41. The Labute approximate surface area is 375 Å². The minimum Gasteiger partial charge on any atom is -0.462 e. The monoisotopic (exact) mass is 849 g/mol. The first kappa shape index (κ1) is 57.6. The normalized spacial score (nSPS) is 12.8. The maximum Gasteiger partial charge on any atom is 0.306 e. The molecule has 0 aromatic rings. The van der Waals surface area contributed by atoms with Gasteiger partial charge >= 0.3 is 17.9 Å². The molecule has 0 aliphatic carbocycles. The van der Waals surface area contributed by atoms with Gasteiger partial charge in [-0.3, -0.25) is 14.4 Å². The molecule has 0 amide bonds. The first-order valence-corrected chi connectivity index (χ1v) is 25.2. The molecule has 0 bridgehead atoms. The van der Waals surface area contributed by atoms with E-state index in [0.29, 0.717) is 19.3 Å². The third kappa shape index (κ3) is 47.5. The lowest BCUT2D eigenvalue weighted by Gasteiger charge is -2.18. The third-order valence-electron chi connectivity index (χ3n) is 10.5. The van der Waals surface area contributed by atoms with E-state index in [4.69, 9.17) is 14.2 Å². The molecule has 0 rings (SSSR count). The summed E-state index contributed by atoms with van der Waals surface area (Å²) in [7, 11) is 0. The van der Waals surface area contributed by atoms with Crippen LogP contribution >= 0.6 is 0 Å². The average Bonchev–Trinajstić information content (AvgIpc) is 3.26. The van der Waals surface area contributed by atoms with Crippen LogP contribution in [0.1, 0.15) is 226 Å². The molecule has 0 heterocycles. The standard InChI is InChI=1S/C55H92O6/c1-4-7-10-13-16-19-22-25-27-29-30-33-36-39-42-45-48-54(57)60-51-52(50-59-53(56)47-44-41-38-35-32-24-21-18-15-12-9-6-3)61-55(58)49-46-43-40-37-34-31-28-26-23-20-17-14-11-8-5-2/h8,11,14,17-18,20-21,23,26-30,33,52H,4-7,9-10,12-13,15-16,19,22,24-25,31-32,34-51H2,1-3H3/b11-8-,17-14-,21-18-,23-20-,28-26-,29-27-,33-30-. The van der Waals surface area contributed by atoms with Gasteiger partial charge in [-0.05, 0) is 89.9 Å². The molecular formula is C55H92O6. The summed E-state index contributed by atoms with van der Waals surface area (Å²) in [6.45, 7) is 6.41. The lowest BCUT2D eigenvalue weighted by Crippen LogP contribution is -2.30. The van der Waals surface area contributed by atoms with Gasteiger partial charge in [0.25, 0.3) is 0 Å². The van der Waals surface area contributed by atoms with Gasteiger partial charge in [-0.1, -0.05) is 202 Å². The van der Waals surface area contributed by atoms with E-state index in [1.807, 2.05) is 24.3 Å². The Morgan fingerprint density at radius 1 is 0.344 bits per heavy atom. The summed E-state index contributed by atoms with van der Waals surface area (Å²) in [6, 6.07) is 0. The van der Waals surface area contributed by atoms with E-state index in [1.165, 1.54) is 77.0 Å². The average molecular weight is 849 g/mol. The molecular weight excluding hydrogens is 757 g/mol. The minimum absolute atomic E-state index is 0.100. The summed E-state index contributed by atoms with van der Waals surface area (Å²) in [6.07, 6.45) is 62.8. The highest BCUT2D eigenvalue weighted by Crippen LogP contribution is 2.13. The van der Waals surface area contributed by atoms with Crippen LogP contribution in [0.5, 0.6) is 0 Å². The lowest BCUT2D eigenvalue weighted by atomic mass is 10.1. The van der Waals surface area contributed by atoms with Gasteiger partial charge in [0.1, 0.15) is 13.2 Å². The van der Waals surface area contributed by atoms with Crippen LogP contribution in [-0.4, -0.2) is 37.2 Å². The molecule has 0 aromatic heterocycles. The van der Waals surface area contributed by atoms with Crippen LogP contribution in [-0.2, 0) is 28.6 Å². The fourth-order valence-corrected chi connectivity index (χ4v) is 6.67. The number of allylic oxidation sites excluding steroid dienone is 14. The van der Waals surface area contributed by atoms with Crippen molar-refractivity contribution >= 4 is 17.9 Å².